The largest absolute Gasteiger partial charge is 0.491 e. The van der Waals surface area contributed by atoms with Crippen LogP contribution in [0.5, 0.6) is 11.6 Å². The first-order valence-corrected chi connectivity index (χ1v) is 7.36. The van der Waals surface area contributed by atoms with Crippen LogP contribution in [0.25, 0.3) is 0 Å². The van der Waals surface area contributed by atoms with Crippen LogP contribution >= 0.6 is 0 Å². The molecule has 1 aromatic carbocycles. The molecule has 0 aliphatic heterocycles. The molecule has 22 heavy (non-hydrogen) atoms. The van der Waals surface area contributed by atoms with Crippen molar-refractivity contribution in [2.45, 2.75) is 26.5 Å². The summed E-state index contributed by atoms with van der Waals surface area (Å²) in [6.45, 7) is 4.97. The molecule has 2 rings (SSSR count). The fourth-order valence-corrected chi connectivity index (χ4v) is 1.88. The number of anilines is 1. The minimum atomic E-state index is -0.0157. The van der Waals surface area contributed by atoms with Gasteiger partial charge in [0.2, 0.25) is 5.88 Å². The molecule has 2 N–H and O–H groups in total. The molecule has 0 spiro atoms. The van der Waals surface area contributed by atoms with Crippen LogP contribution in [0.4, 0.5) is 5.69 Å². The monoisotopic (exact) mass is 302 g/mol. The van der Waals surface area contributed by atoms with E-state index in [1.54, 1.807) is 12.3 Å². The molecular weight excluding hydrogens is 280 g/mol. The number of aromatic nitrogens is 1. The highest BCUT2D eigenvalue weighted by molar-refractivity contribution is 5.43. The molecule has 1 heterocycles. The zero-order valence-corrected chi connectivity index (χ0v) is 13.0. The second-order valence-electron chi connectivity index (χ2n) is 5.12. The normalized spacial score (nSPS) is 10.5. The van der Waals surface area contributed by atoms with Crippen molar-refractivity contribution in [3.63, 3.8) is 0 Å². The van der Waals surface area contributed by atoms with Gasteiger partial charge in [0, 0.05) is 12.6 Å². The summed E-state index contributed by atoms with van der Waals surface area (Å²) >= 11 is 0. The van der Waals surface area contributed by atoms with Gasteiger partial charge in [-0.2, -0.15) is 0 Å². The highest BCUT2D eigenvalue weighted by Crippen LogP contribution is 2.16. The van der Waals surface area contributed by atoms with E-state index in [1.807, 2.05) is 44.2 Å². The third-order valence-electron chi connectivity index (χ3n) is 2.87. The first kappa shape index (κ1) is 16.1. The summed E-state index contributed by atoms with van der Waals surface area (Å²) in [6, 6.07) is 11.7. The fraction of sp³-hybridized carbons (Fsp3) is 0.353. The average Bonchev–Trinajstić information content (AvgIpc) is 2.53. The lowest BCUT2D eigenvalue weighted by molar-refractivity contribution is 0.196. The number of rotatable bonds is 8. The lowest BCUT2D eigenvalue weighted by atomic mass is 10.2. The molecule has 0 saturated heterocycles. The van der Waals surface area contributed by atoms with E-state index in [1.165, 1.54) is 0 Å². The molecule has 5 nitrogen and oxygen atoms in total. The molecular formula is C17H22N2O3. The highest BCUT2D eigenvalue weighted by Gasteiger charge is 2.00. The SMILES string of the molecule is CC(C)Oc1ccc(CNc2ccc(OCCO)nc2)cc1. The van der Waals surface area contributed by atoms with E-state index < -0.39 is 0 Å². The number of nitrogens with one attached hydrogen (secondary N) is 1. The third kappa shape index (κ3) is 5.26. The lowest BCUT2D eigenvalue weighted by Crippen LogP contribution is -2.06. The Balaban J connectivity index is 1.84. The van der Waals surface area contributed by atoms with Crippen LogP contribution in [0.2, 0.25) is 0 Å². The second kappa shape index (κ2) is 8.24. The number of hydrogen-bond donors (Lipinski definition) is 2. The van der Waals surface area contributed by atoms with Gasteiger partial charge in [-0.25, -0.2) is 4.98 Å². The molecule has 0 saturated carbocycles. The minimum Gasteiger partial charge on any atom is -0.491 e. The third-order valence-corrected chi connectivity index (χ3v) is 2.87. The Morgan fingerprint density at radius 1 is 1.14 bits per heavy atom. The Kier molecular flexibility index (Phi) is 6.03. The van der Waals surface area contributed by atoms with E-state index >= 15 is 0 Å². The molecule has 0 bridgehead atoms. The Hall–Kier alpha value is -2.27. The maximum atomic E-state index is 8.69. The van der Waals surface area contributed by atoms with E-state index in [4.69, 9.17) is 14.6 Å². The van der Waals surface area contributed by atoms with Gasteiger partial charge in [-0.15, -0.1) is 0 Å². The van der Waals surface area contributed by atoms with Crippen molar-refractivity contribution in [1.82, 2.24) is 4.98 Å². The maximum Gasteiger partial charge on any atom is 0.213 e. The quantitative estimate of drug-likeness (QED) is 0.785. The van der Waals surface area contributed by atoms with E-state index in [0.29, 0.717) is 12.4 Å². The van der Waals surface area contributed by atoms with Crippen molar-refractivity contribution in [1.29, 1.82) is 0 Å². The minimum absolute atomic E-state index is 0.0157. The van der Waals surface area contributed by atoms with Gasteiger partial charge in [0.05, 0.1) is 24.6 Å². The van der Waals surface area contributed by atoms with Gasteiger partial charge in [-0.3, -0.25) is 0 Å². The molecule has 0 radical (unpaired) electrons. The van der Waals surface area contributed by atoms with Gasteiger partial charge < -0.3 is 19.9 Å². The maximum absolute atomic E-state index is 8.69. The van der Waals surface area contributed by atoms with Crippen molar-refractivity contribution in [3.05, 3.63) is 48.2 Å². The molecule has 0 unspecified atom stereocenters. The molecule has 0 aliphatic rings. The van der Waals surface area contributed by atoms with E-state index in [2.05, 4.69) is 10.3 Å². The van der Waals surface area contributed by atoms with E-state index in [0.717, 1.165) is 17.0 Å². The summed E-state index contributed by atoms with van der Waals surface area (Å²) in [6.07, 6.45) is 1.89. The first-order valence-electron chi connectivity index (χ1n) is 7.36. The molecule has 5 heteroatoms. The molecule has 0 atom stereocenters. The molecule has 0 fully saturated rings. The summed E-state index contributed by atoms with van der Waals surface area (Å²) in [5, 5.41) is 12.0. The Morgan fingerprint density at radius 3 is 2.50 bits per heavy atom. The predicted octanol–water partition coefficient (Wildman–Crippen LogP) is 2.85. The smallest absolute Gasteiger partial charge is 0.213 e. The zero-order valence-electron chi connectivity index (χ0n) is 13.0. The average molecular weight is 302 g/mol. The molecule has 0 aliphatic carbocycles. The standard InChI is InChI=1S/C17H22N2O3/c1-13(2)22-16-6-3-14(4-7-16)11-18-15-5-8-17(19-12-15)21-10-9-20/h3-8,12-13,18,20H,9-11H2,1-2H3. The van der Waals surface area contributed by atoms with E-state index in [-0.39, 0.29) is 19.3 Å². The van der Waals surface area contributed by atoms with Crippen molar-refractivity contribution < 1.29 is 14.6 Å². The Morgan fingerprint density at radius 2 is 1.91 bits per heavy atom. The summed E-state index contributed by atoms with van der Waals surface area (Å²) in [5.74, 6) is 1.39. The predicted molar refractivity (Wildman–Crippen MR) is 86.4 cm³/mol. The van der Waals surface area contributed by atoms with Crippen molar-refractivity contribution in [2.75, 3.05) is 18.5 Å². The Bertz CT molecular complexity index is 553. The summed E-state index contributed by atoms with van der Waals surface area (Å²) in [5.41, 5.74) is 2.08. The van der Waals surface area contributed by atoms with Crippen LogP contribution in [0.3, 0.4) is 0 Å². The van der Waals surface area contributed by atoms with Crippen molar-refractivity contribution in [3.8, 4) is 11.6 Å². The number of pyridine rings is 1. The van der Waals surface area contributed by atoms with Crippen LogP contribution in [0.15, 0.2) is 42.6 Å². The van der Waals surface area contributed by atoms with Gasteiger partial charge in [-0.05, 0) is 37.6 Å². The Labute approximate surface area is 130 Å². The van der Waals surface area contributed by atoms with Crippen LogP contribution in [-0.2, 0) is 6.54 Å². The number of ether oxygens (including phenoxy) is 2. The number of aliphatic hydroxyl groups excluding tert-OH is 1. The highest BCUT2D eigenvalue weighted by atomic mass is 16.5. The van der Waals surface area contributed by atoms with E-state index in [9.17, 15) is 0 Å². The zero-order chi connectivity index (χ0) is 15.8. The van der Waals surface area contributed by atoms with Crippen molar-refractivity contribution in [2.24, 2.45) is 0 Å². The summed E-state index contributed by atoms with van der Waals surface area (Å²) in [4.78, 5) is 4.16. The summed E-state index contributed by atoms with van der Waals surface area (Å²) in [7, 11) is 0. The van der Waals surface area contributed by atoms with Crippen LogP contribution < -0.4 is 14.8 Å². The number of hydrogen-bond acceptors (Lipinski definition) is 5. The molecule has 1 aromatic heterocycles. The second-order valence-corrected chi connectivity index (χ2v) is 5.12. The number of aliphatic hydroxyl groups is 1. The van der Waals surface area contributed by atoms with Gasteiger partial charge in [0.1, 0.15) is 12.4 Å². The topological polar surface area (TPSA) is 63.6 Å². The summed E-state index contributed by atoms with van der Waals surface area (Å²) < 4.78 is 10.8. The van der Waals surface area contributed by atoms with Gasteiger partial charge >= 0.3 is 0 Å². The van der Waals surface area contributed by atoms with Crippen molar-refractivity contribution >= 4 is 5.69 Å². The van der Waals surface area contributed by atoms with Gasteiger partial charge in [-0.1, -0.05) is 12.1 Å². The van der Waals surface area contributed by atoms with Gasteiger partial charge in [0.25, 0.3) is 0 Å². The molecule has 118 valence electrons. The van der Waals surface area contributed by atoms with Crippen LogP contribution in [-0.4, -0.2) is 29.4 Å². The van der Waals surface area contributed by atoms with Crippen LogP contribution in [0, 0.1) is 0 Å². The lowest BCUT2D eigenvalue weighted by Gasteiger charge is -2.11. The first-order chi connectivity index (χ1) is 10.7. The number of benzene rings is 1. The molecule has 2 aromatic rings. The number of nitrogens with zero attached hydrogens (tertiary/aromatic N) is 1. The molecule has 0 amide bonds. The van der Waals surface area contributed by atoms with Gasteiger partial charge in [0.15, 0.2) is 0 Å². The van der Waals surface area contributed by atoms with Crippen LogP contribution in [0.1, 0.15) is 19.4 Å². The fourth-order valence-electron chi connectivity index (χ4n) is 1.88.